The summed E-state index contributed by atoms with van der Waals surface area (Å²) in [5.74, 6) is -1.80. The molecular weight excluding hydrogens is 1020 g/mol. The zero-order valence-corrected chi connectivity index (χ0v) is 41.0. The van der Waals surface area contributed by atoms with Crippen molar-refractivity contribution in [2.75, 3.05) is 38.4 Å². The van der Waals surface area contributed by atoms with E-state index >= 15 is 0 Å². The lowest BCUT2D eigenvalue weighted by Crippen LogP contribution is -2.70. The molecule has 410 valence electrons. The molecule has 0 aromatic rings. The van der Waals surface area contributed by atoms with Gasteiger partial charge in [0.2, 0.25) is 11.8 Å². The summed E-state index contributed by atoms with van der Waals surface area (Å²) in [6.07, 6.45) is -41.8. The number of alkyl halides is 1. The number of carbonyl (C=O) groups excluding carboxylic acids is 3. The Labute approximate surface area is 411 Å². The van der Waals surface area contributed by atoms with E-state index in [4.69, 9.17) is 42.6 Å². The standard InChI is InChI=1S/C37H61BrN2O26.2C2H6/c1-10(45)39-19-13(3-12(47)4-38)59-16(7-43)31(24(19)51)64-34-20(40-11(2)46)25(52)32(17(8-44)62-34)65-37-30(57)33(66-36-29(56)27(54)22(49)15(6-42)61-36)23(50)18(63-37)9-58-35-28(55)26(53)21(48)14(5-41)60-35;2*1-2/h13-37,41-44,48-57H,3-9H2,1-2H3,(H,39,45)(H,40,46);2*1-2H3/t13-,14?,15?,16?,17?,18?,19?,20?,21+,22+,23+,24+,25+,26-,27?,28?,29?,30?,31+,32+,33-,34-,35-,36+,37-;;/m0../s1. The molecule has 16 N–H and O–H groups in total. The third-order valence-corrected chi connectivity index (χ3v) is 12.4. The van der Waals surface area contributed by atoms with Crippen molar-refractivity contribution in [3.63, 3.8) is 0 Å². The molecule has 70 heavy (non-hydrogen) atoms. The Morgan fingerprint density at radius 2 is 0.843 bits per heavy atom. The van der Waals surface area contributed by atoms with E-state index in [1.54, 1.807) is 0 Å². The molecule has 0 spiro atoms. The number of ketones is 1. The van der Waals surface area contributed by atoms with Gasteiger partial charge in [0.15, 0.2) is 25.2 Å². The molecule has 5 aliphatic heterocycles. The minimum Gasteiger partial charge on any atom is -0.394 e. The summed E-state index contributed by atoms with van der Waals surface area (Å²) in [5, 5.41) is 154. The van der Waals surface area contributed by atoms with Gasteiger partial charge in [-0.05, 0) is 0 Å². The highest BCUT2D eigenvalue weighted by Crippen LogP contribution is 2.35. The van der Waals surface area contributed by atoms with Gasteiger partial charge in [0.25, 0.3) is 0 Å². The van der Waals surface area contributed by atoms with Gasteiger partial charge in [0.1, 0.15) is 122 Å². The Bertz CT molecular complexity index is 1580. The van der Waals surface area contributed by atoms with Gasteiger partial charge in [-0.25, -0.2) is 0 Å². The Balaban J connectivity index is 0.00000316. The normalized spacial score (nSPS) is 44.2. The second kappa shape index (κ2) is 29.3. The zero-order valence-electron chi connectivity index (χ0n) is 39.4. The van der Waals surface area contributed by atoms with Gasteiger partial charge in [-0.2, -0.15) is 0 Å². The lowest BCUT2D eigenvalue weighted by molar-refractivity contribution is -0.383. The fourth-order valence-corrected chi connectivity index (χ4v) is 8.53. The predicted octanol–water partition coefficient (Wildman–Crippen LogP) is -8.18. The molecule has 5 rings (SSSR count). The van der Waals surface area contributed by atoms with E-state index in [9.17, 15) is 85.9 Å². The van der Waals surface area contributed by atoms with Gasteiger partial charge in [-0.3, -0.25) is 14.4 Å². The number of halogens is 1. The van der Waals surface area contributed by atoms with E-state index in [1.807, 2.05) is 27.7 Å². The number of amides is 2. The van der Waals surface area contributed by atoms with E-state index in [-0.39, 0.29) is 17.5 Å². The Morgan fingerprint density at radius 1 is 0.443 bits per heavy atom. The number of hydrogen-bond acceptors (Lipinski definition) is 26. The van der Waals surface area contributed by atoms with Crippen molar-refractivity contribution < 1.29 is 129 Å². The molecule has 2 amide bonds. The molecule has 0 saturated carbocycles. The van der Waals surface area contributed by atoms with Crippen molar-refractivity contribution >= 4 is 33.5 Å². The Morgan fingerprint density at radius 3 is 1.34 bits per heavy atom. The number of ether oxygens (including phenoxy) is 9. The SMILES string of the molecule is CC.CC.CC(=O)NC1[C@H](O[C@@H]2C(CO)O[C@@H](CC(=O)CBr)C(NC(C)=O)[C@H]2O)OC(CO)[C@@H](O[C@@H]2OC(CO[C@H]3OC(CO)[C@@H](O)[C@H](O)C3O)[C@@H](O)[C@H](O[C@H]3OC(CO)[C@@H](O)C(O)C3O)C2O)[C@@H]1O. The molecule has 11 unspecified atom stereocenters. The number of Topliss-reactive ketones (excluding diaryl/α,β-unsaturated/α-hetero) is 1. The third kappa shape index (κ3) is 14.9. The van der Waals surface area contributed by atoms with Crippen LogP contribution >= 0.6 is 15.9 Å². The van der Waals surface area contributed by atoms with Crippen LogP contribution in [-0.2, 0) is 57.0 Å². The summed E-state index contributed by atoms with van der Waals surface area (Å²) in [6, 6.07) is -2.99. The number of nitrogens with one attached hydrogen (secondary N) is 2. The topological polar surface area (TPSA) is 442 Å². The summed E-state index contributed by atoms with van der Waals surface area (Å²) >= 11 is 3.04. The predicted molar refractivity (Wildman–Crippen MR) is 234 cm³/mol. The average molecular weight is 1090 g/mol. The number of rotatable bonds is 18. The summed E-state index contributed by atoms with van der Waals surface area (Å²) in [6.45, 7) is 5.78. The summed E-state index contributed by atoms with van der Waals surface area (Å²) in [7, 11) is 0. The maximum absolute atomic E-state index is 12.6. The molecule has 5 aliphatic rings. The van der Waals surface area contributed by atoms with Gasteiger partial charge in [0.05, 0.1) is 50.5 Å². The summed E-state index contributed by atoms with van der Waals surface area (Å²) in [5.41, 5.74) is 0. The lowest BCUT2D eigenvalue weighted by atomic mass is 9.89. The van der Waals surface area contributed by atoms with Crippen molar-refractivity contribution in [2.45, 2.75) is 201 Å². The number of hydrogen-bond donors (Lipinski definition) is 16. The van der Waals surface area contributed by atoms with E-state index in [0.717, 1.165) is 13.8 Å². The molecule has 0 aromatic carbocycles. The van der Waals surface area contributed by atoms with E-state index in [2.05, 4.69) is 26.6 Å². The largest absolute Gasteiger partial charge is 0.394 e. The molecule has 25 atom stereocenters. The van der Waals surface area contributed by atoms with Crippen LogP contribution in [0.4, 0.5) is 0 Å². The molecule has 0 bridgehead atoms. The monoisotopic (exact) mass is 1090 g/mol. The van der Waals surface area contributed by atoms with Gasteiger partial charge >= 0.3 is 0 Å². The van der Waals surface area contributed by atoms with Gasteiger partial charge in [-0.15, -0.1) is 0 Å². The molecule has 28 nitrogen and oxygen atoms in total. The van der Waals surface area contributed by atoms with Crippen molar-refractivity contribution in [3.05, 3.63) is 0 Å². The second-order valence-electron chi connectivity index (χ2n) is 16.5. The fourth-order valence-electron chi connectivity index (χ4n) is 8.30. The highest BCUT2D eigenvalue weighted by Gasteiger charge is 2.56. The van der Waals surface area contributed by atoms with Crippen LogP contribution in [0, 0.1) is 0 Å². The first-order valence-corrected chi connectivity index (χ1v) is 24.0. The molecule has 5 saturated heterocycles. The highest BCUT2D eigenvalue weighted by atomic mass is 79.9. The highest BCUT2D eigenvalue weighted by molar-refractivity contribution is 9.09. The van der Waals surface area contributed by atoms with Crippen LogP contribution in [0.1, 0.15) is 48.0 Å². The molecule has 5 fully saturated rings. The van der Waals surface area contributed by atoms with Crippen LogP contribution in [0.25, 0.3) is 0 Å². The molecule has 29 heteroatoms. The molecule has 5 heterocycles. The number of aliphatic hydroxyl groups excluding tert-OH is 14. The molecule has 0 aromatic heterocycles. The molecule has 0 radical (unpaired) electrons. The molecule has 0 aliphatic carbocycles. The Kier molecular flexibility index (Phi) is 26.2. The van der Waals surface area contributed by atoms with E-state index in [1.165, 1.54) is 0 Å². The van der Waals surface area contributed by atoms with Crippen molar-refractivity contribution in [1.29, 1.82) is 0 Å². The number of carbonyl (C=O) groups is 3. The average Bonchev–Trinajstić information content (AvgIpc) is 3.34. The first-order chi connectivity index (χ1) is 33.2. The summed E-state index contributed by atoms with van der Waals surface area (Å²) < 4.78 is 51.8. The maximum Gasteiger partial charge on any atom is 0.217 e. The van der Waals surface area contributed by atoms with E-state index < -0.39 is 198 Å². The quantitative estimate of drug-likeness (QED) is 0.0567. The van der Waals surface area contributed by atoms with Crippen LogP contribution in [0.3, 0.4) is 0 Å². The first kappa shape index (κ1) is 62.5. The van der Waals surface area contributed by atoms with Crippen LogP contribution in [0.15, 0.2) is 0 Å². The van der Waals surface area contributed by atoms with Crippen LogP contribution in [0.5, 0.6) is 0 Å². The van der Waals surface area contributed by atoms with Crippen molar-refractivity contribution in [1.82, 2.24) is 10.6 Å². The summed E-state index contributed by atoms with van der Waals surface area (Å²) in [4.78, 5) is 37.1. The Hall–Kier alpha value is -1.83. The minimum absolute atomic E-state index is 0.0938. The van der Waals surface area contributed by atoms with Gasteiger partial charge < -0.3 is 125 Å². The van der Waals surface area contributed by atoms with Crippen LogP contribution in [-0.4, -0.2) is 281 Å². The fraction of sp³-hybridized carbons (Fsp3) is 0.927. The minimum atomic E-state index is -2.19. The molecular formula is C41H73BrN2O26. The van der Waals surface area contributed by atoms with Crippen LogP contribution in [0.2, 0.25) is 0 Å². The van der Waals surface area contributed by atoms with Gasteiger partial charge in [0, 0.05) is 20.3 Å². The first-order valence-electron chi connectivity index (χ1n) is 22.9. The van der Waals surface area contributed by atoms with Crippen molar-refractivity contribution in [3.8, 4) is 0 Å². The van der Waals surface area contributed by atoms with Crippen molar-refractivity contribution in [2.24, 2.45) is 0 Å². The third-order valence-electron chi connectivity index (χ3n) is 11.8. The second-order valence-corrected chi connectivity index (χ2v) is 17.0. The maximum atomic E-state index is 12.6. The smallest absolute Gasteiger partial charge is 0.217 e. The zero-order chi connectivity index (χ0) is 52.9. The van der Waals surface area contributed by atoms with E-state index in [0.29, 0.717) is 0 Å². The van der Waals surface area contributed by atoms with Gasteiger partial charge in [-0.1, -0.05) is 43.6 Å². The van der Waals surface area contributed by atoms with Crippen LogP contribution < -0.4 is 10.6 Å². The number of aliphatic hydroxyl groups is 14. The lowest BCUT2D eigenvalue weighted by Gasteiger charge is -2.50.